The van der Waals surface area contributed by atoms with Gasteiger partial charge < -0.3 is 4.74 Å². The zero-order chi connectivity index (χ0) is 17.7. The number of hydrogen-bond acceptors (Lipinski definition) is 5. The van der Waals surface area contributed by atoms with E-state index in [-0.39, 0.29) is 28.0 Å². The molecule has 0 bridgehead atoms. The van der Waals surface area contributed by atoms with Gasteiger partial charge in [0.15, 0.2) is 9.84 Å². The largest absolute Gasteiger partial charge is 0.489 e. The van der Waals surface area contributed by atoms with Crippen molar-refractivity contribution in [2.24, 2.45) is 0 Å². The van der Waals surface area contributed by atoms with Gasteiger partial charge in [-0.05, 0) is 42.3 Å². The maximum absolute atomic E-state index is 11.9. The van der Waals surface area contributed by atoms with Crippen molar-refractivity contribution in [3.63, 3.8) is 0 Å². The number of benzene rings is 2. The molecule has 0 spiro atoms. The molecule has 0 aromatic heterocycles. The number of ether oxygens (including phenoxy) is 1. The van der Waals surface area contributed by atoms with E-state index in [1.807, 2.05) is 0 Å². The molecule has 0 aliphatic carbocycles. The van der Waals surface area contributed by atoms with Gasteiger partial charge in [0.05, 0.1) is 15.6 Å². The average Bonchev–Trinajstić information content (AvgIpc) is 2.54. The second-order valence-corrected chi connectivity index (χ2v) is 7.64. The smallest absolute Gasteiger partial charge is 0.288 e. The Labute approximate surface area is 145 Å². The Morgan fingerprint density at radius 2 is 1.83 bits per heavy atom. The topological polar surface area (TPSA) is 86.5 Å². The SMILES string of the molecule is CCCS(=O)(=O)c1ccc(OCc2ccc(Cl)c([N+](=O)[O-])c2)cc1. The van der Waals surface area contributed by atoms with Crippen LogP contribution in [-0.4, -0.2) is 19.1 Å². The predicted octanol–water partition coefficient (Wildman–Crippen LogP) is 4.01. The molecule has 8 heteroatoms. The number of nitrogens with zero attached hydrogens (tertiary/aromatic N) is 1. The average molecular weight is 370 g/mol. The van der Waals surface area contributed by atoms with Gasteiger partial charge in [-0.15, -0.1) is 0 Å². The van der Waals surface area contributed by atoms with Crippen molar-refractivity contribution < 1.29 is 18.1 Å². The molecule has 0 amide bonds. The fourth-order valence-electron chi connectivity index (χ4n) is 2.08. The van der Waals surface area contributed by atoms with E-state index in [1.165, 1.54) is 24.3 Å². The molecule has 128 valence electrons. The summed E-state index contributed by atoms with van der Waals surface area (Å²) in [5.41, 5.74) is 0.410. The summed E-state index contributed by atoms with van der Waals surface area (Å²) in [4.78, 5) is 10.5. The Hall–Kier alpha value is -2.12. The van der Waals surface area contributed by atoms with Crippen molar-refractivity contribution in [2.45, 2.75) is 24.8 Å². The lowest BCUT2D eigenvalue weighted by molar-refractivity contribution is -0.384. The van der Waals surface area contributed by atoms with Crippen LogP contribution in [0.3, 0.4) is 0 Å². The Morgan fingerprint density at radius 3 is 2.42 bits per heavy atom. The van der Waals surface area contributed by atoms with E-state index in [0.29, 0.717) is 17.7 Å². The maximum atomic E-state index is 11.9. The van der Waals surface area contributed by atoms with Gasteiger partial charge in [-0.3, -0.25) is 10.1 Å². The summed E-state index contributed by atoms with van der Waals surface area (Å²) in [6.45, 7) is 1.92. The van der Waals surface area contributed by atoms with E-state index in [1.54, 1.807) is 25.1 Å². The first-order valence-electron chi connectivity index (χ1n) is 7.22. The molecule has 0 unspecified atom stereocenters. The van der Waals surface area contributed by atoms with Gasteiger partial charge in [0, 0.05) is 6.07 Å². The highest BCUT2D eigenvalue weighted by molar-refractivity contribution is 7.91. The molecule has 2 aromatic rings. The van der Waals surface area contributed by atoms with Gasteiger partial charge in [0.2, 0.25) is 0 Å². The fourth-order valence-corrected chi connectivity index (χ4v) is 3.59. The molecule has 0 saturated heterocycles. The second kappa shape index (κ2) is 7.63. The lowest BCUT2D eigenvalue weighted by Gasteiger charge is -2.08. The molecule has 0 atom stereocenters. The molecule has 0 saturated carbocycles. The van der Waals surface area contributed by atoms with Gasteiger partial charge in [0.25, 0.3) is 5.69 Å². The lowest BCUT2D eigenvalue weighted by Crippen LogP contribution is -2.05. The number of nitro benzene ring substituents is 1. The van der Waals surface area contributed by atoms with Crippen LogP contribution in [0.5, 0.6) is 5.75 Å². The molecule has 0 aliphatic heterocycles. The van der Waals surface area contributed by atoms with Crippen LogP contribution in [0.2, 0.25) is 5.02 Å². The van der Waals surface area contributed by atoms with Gasteiger partial charge in [-0.2, -0.15) is 0 Å². The number of nitro groups is 1. The van der Waals surface area contributed by atoms with Crippen LogP contribution < -0.4 is 4.74 Å². The summed E-state index contributed by atoms with van der Waals surface area (Å²) in [7, 11) is -3.26. The highest BCUT2D eigenvalue weighted by Crippen LogP contribution is 2.26. The number of hydrogen-bond donors (Lipinski definition) is 0. The van der Waals surface area contributed by atoms with Crippen molar-refractivity contribution in [1.82, 2.24) is 0 Å². The minimum Gasteiger partial charge on any atom is -0.489 e. The van der Waals surface area contributed by atoms with Crippen LogP contribution >= 0.6 is 11.6 Å². The predicted molar refractivity (Wildman–Crippen MR) is 91.2 cm³/mol. The van der Waals surface area contributed by atoms with Crippen molar-refractivity contribution >= 4 is 27.1 Å². The summed E-state index contributed by atoms with van der Waals surface area (Å²) in [6, 6.07) is 10.5. The monoisotopic (exact) mass is 369 g/mol. The molecule has 0 aliphatic rings. The van der Waals surface area contributed by atoms with E-state index in [9.17, 15) is 18.5 Å². The first kappa shape index (κ1) is 18.2. The highest BCUT2D eigenvalue weighted by atomic mass is 35.5. The third-order valence-electron chi connectivity index (χ3n) is 3.27. The van der Waals surface area contributed by atoms with Crippen LogP contribution in [0.1, 0.15) is 18.9 Å². The second-order valence-electron chi connectivity index (χ2n) is 5.12. The molecule has 0 radical (unpaired) electrons. The van der Waals surface area contributed by atoms with E-state index >= 15 is 0 Å². The van der Waals surface area contributed by atoms with Crippen molar-refractivity contribution in [2.75, 3.05) is 5.75 Å². The summed E-state index contributed by atoms with van der Waals surface area (Å²) in [5.74, 6) is 0.574. The molecule has 6 nitrogen and oxygen atoms in total. The van der Waals surface area contributed by atoms with Gasteiger partial charge in [-0.25, -0.2) is 8.42 Å². The number of sulfone groups is 1. The quantitative estimate of drug-likeness (QED) is 0.543. The Kier molecular flexibility index (Phi) is 5.80. The van der Waals surface area contributed by atoms with E-state index in [4.69, 9.17) is 16.3 Å². The molecule has 0 fully saturated rings. The molecule has 24 heavy (non-hydrogen) atoms. The van der Waals surface area contributed by atoms with E-state index in [0.717, 1.165) is 0 Å². The van der Waals surface area contributed by atoms with Crippen molar-refractivity contribution in [3.05, 3.63) is 63.2 Å². The Bertz CT molecular complexity index is 834. The molecule has 0 N–H and O–H groups in total. The van der Waals surface area contributed by atoms with Gasteiger partial charge in [-0.1, -0.05) is 24.6 Å². The Morgan fingerprint density at radius 1 is 1.17 bits per heavy atom. The minimum atomic E-state index is -3.26. The lowest BCUT2D eigenvalue weighted by atomic mass is 10.2. The summed E-state index contributed by atoms with van der Waals surface area (Å²) < 4.78 is 29.4. The highest BCUT2D eigenvalue weighted by Gasteiger charge is 2.14. The molecular weight excluding hydrogens is 354 g/mol. The molecule has 2 aromatic carbocycles. The van der Waals surface area contributed by atoms with E-state index in [2.05, 4.69) is 0 Å². The molecular formula is C16H16ClNO5S. The summed E-state index contributed by atoms with van der Waals surface area (Å²) in [6.07, 6.45) is 0.552. The van der Waals surface area contributed by atoms with Crippen LogP contribution in [0, 0.1) is 10.1 Å². The minimum absolute atomic E-state index is 0.0641. The van der Waals surface area contributed by atoms with Crippen molar-refractivity contribution in [1.29, 1.82) is 0 Å². The van der Waals surface area contributed by atoms with Gasteiger partial charge >= 0.3 is 0 Å². The number of halogens is 1. The first-order valence-corrected chi connectivity index (χ1v) is 9.25. The third kappa shape index (κ3) is 4.46. The van der Waals surface area contributed by atoms with E-state index < -0.39 is 14.8 Å². The Balaban J connectivity index is 2.08. The van der Waals surface area contributed by atoms with Crippen LogP contribution in [0.15, 0.2) is 47.4 Å². The maximum Gasteiger partial charge on any atom is 0.288 e. The first-order chi connectivity index (χ1) is 11.3. The fraction of sp³-hybridized carbons (Fsp3) is 0.250. The van der Waals surface area contributed by atoms with Crippen LogP contribution in [0.4, 0.5) is 5.69 Å². The molecule has 2 rings (SSSR count). The zero-order valence-corrected chi connectivity index (χ0v) is 14.5. The normalized spacial score (nSPS) is 11.2. The van der Waals surface area contributed by atoms with Gasteiger partial charge in [0.1, 0.15) is 17.4 Å². The van der Waals surface area contributed by atoms with Crippen LogP contribution in [-0.2, 0) is 16.4 Å². The third-order valence-corrected chi connectivity index (χ3v) is 5.52. The summed E-state index contributed by atoms with van der Waals surface area (Å²) in [5, 5.41) is 10.9. The van der Waals surface area contributed by atoms with Crippen LogP contribution in [0.25, 0.3) is 0 Å². The van der Waals surface area contributed by atoms with Crippen molar-refractivity contribution in [3.8, 4) is 5.75 Å². The standard InChI is InChI=1S/C16H16ClNO5S/c1-2-9-24(21,22)14-6-4-13(5-7-14)23-11-12-3-8-15(17)16(10-12)18(19)20/h3-8,10H,2,9,11H2,1H3. The zero-order valence-electron chi connectivity index (χ0n) is 12.9. The summed E-state index contributed by atoms with van der Waals surface area (Å²) >= 11 is 5.75. The number of rotatable bonds is 7. The molecule has 0 heterocycles.